The number of fused-ring (bicyclic) bond motifs is 1. The van der Waals surface area contributed by atoms with E-state index in [0.29, 0.717) is 12.2 Å². The molecule has 3 aromatic rings. The largest absolute Gasteiger partial charge is 0.395 e. The van der Waals surface area contributed by atoms with Crippen LogP contribution in [0, 0.1) is 6.92 Å². The van der Waals surface area contributed by atoms with Crippen LogP contribution in [0.3, 0.4) is 0 Å². The van der Waals surface area contributed by atoms with E-state index in [2.05, 4.69) is 15.2 Å². The molecule has 0 saturated heterocycles. The summed E-state index contributed by atoms with van der Waals surface area (Å²) < 4.78 is 0. The van der Waals surface area contributed by atoms with Crippen molar-refractivity contribution in [2.75, 3.05) is 13.2 Å². The van der Waals surface area contributed by atoms with Crippen molar-refractivity contribution >= 4 is 16.8 Å². The second kappa shape index (κ2) is 6.58. The first kappa shape index (κ1) is 15.2. The lowest BCUT2D eigenvalue weighted by Gasteiger charge is -2.20. The van der Waals surface area contributed by atoms with Crippen LogP contribution in [0.4, 0.5) is 0 Å². The smallest absolute Gasteiger partial charge is 0.275 e. The van der Waals surface area contributed by atoms with Crippen LogP contribution in [0.2, 0.25) is 0 Å². The number of rotatable bonds is 5. The van der Waals surface area contributed by atoms with Crippen LogP contribution < -0.4 is 0 Å². The van der Waals surface area contributed by atoms with Crippen molar-refractivity contribution in [2.45, 2.75) is 13.5 Å². The van der Waals surface area contributed by atoms with Crippen LogP contribution in [0.25, 0.3) is 10.9 Å². The van der Waals surface area contributed by atoms with Gasteiger partial charge in [-0.25, -0.2) is 0 Å². The Morgan fingerprint density at radius 2 is 2.22 bits per heavy atom. The first-order valence-electron chi connectivity index (χ1n) is 7.43. The summed E-state index contributed by atoms with van der Waals surface area (Å²) in [6, 6.07) is 9.54. The number of carbonyl (C=O) groups excluding carboxylic acids is 1. The summed E-state index contributed by atoms with van der Waals surface area (Å²) in [5.41, 5.74) is 3.17. The number of pyridine rings is 1. The van der Waals surface area contributed by atoms with Gasteiger partial charge in [0.2, 0.25) is 0 Å². The van der Waals surface area contributed by atoms with Crippen molar-refractivity contribution in [2.24, 2.45) is 0 Å². The number of aromatic nitrogens is 3. The standard InChI is InChI=1S/C17H18N4O2/c1-12-4-5-15-14(9-12)16(20-19-15)17(23)21(7-8-22)11-13-3-2-6-18-10-13/h2-6,9-10,22H,7-8,11H2,1H3,(H,19,20). The highest BCUT2D eigenvalue weighted by Gasteiger charge is 2.21. The Bertz CT molecular complexity index is 814. The number of H-pyrrole nitrogens is 1. The van der Waals surface area contributed by atoms with E-state index >= 15 is 0 Å². The highest BCUT2D eigenvalue weighted by Crippen LogP contribution is 2.19. The first-order valence-corrected chi connectivity index (χ1v) is 7.43. The van der Waals surface area contributed by atoms with Crippen molar-refractivity contribution in [1.82, 2.24) is 20.1 Å². The molecule has 2 aromatic heterocycles. The quantitative estimate of drug-likeness (QED) is 0.754. The molecule has 2 heterocycles. The molecule has 1 amide bonds. The minimum absolute atomic E-state index is 0.104. The molecule has 6 heteroatoms. The molecule has 0 unspecified atom stereocenters. The summed E-state index contributed by atoms with van der Waals surface area (Å²) in [6.45, 7) is 2.50. The third kappa shape index (κ3) is 3.22. The number of hydrogen-bond acceptors (Lipinski definition) is 4. The lowest BCUT2D eigenvalue weighted by Crippen LogP contribution is -2.33. The molecule has 0 spiro atoms. The SMILES string of the molecule is Cc1ccc2[nH]nc(C(=O)N(CCO)Cc3cccnc3)c2c1. The minimum atomic E-state index is -0.209. The summed E-state index contributed by atoms with van der Waals surface area (Å²) in [5.74, 6) is -0.209. The Labute approximate surface area is 133 Å². The van der Waals surface area contributed by atoms with Gasteiger partial charge < -0.3 is 10.0 Å². The predicted molar refractivity (Wildman–Crippen MR) is 86.9 cm³/mol. The van der Waals surface area contributed by atoms with Crippen molar-refractivity contribution in [1.29, 1.82) is 0 Å². The number of aliphatic hydroxyl groups excluding tert-OH is 1. The van der Waals surface area contributed by atoms with E-state index in [-0.39, 0.29) is 19.1 Å². The van der Waals surface area contributed by atoms with Crippen LogP contribution >= 0.6 is 0 Å². The number of carbonyl (C=O) groups is 1. The summed E-state index contributed by atoms with van der Waals surface area (Å²) in [5, 5.41) is 17.1. The molecular weight excluding hydrogens is 292 g/mol. The van der Waals surface area contributed by atoms with E-state index in [0.717, 1.165) is 22.0 Å². The summed E-state index contributed by atoms with van der Waals surface area (Å²) in [6.07, 6.45) is 3.40. The number of aliphatic hydroxyl groups is 1. The molecule has 0 radical (unpaired) electrons. The Kier molecular flexibility index (Phi) is 4.34. The summed E-state index contributed by atoms with van der Waals surface area (Å²) >= 11 is 0. The normalized spacial score (nSPS) is 10.9. The Morgan fingerprint density at radius 1 is 1.35 bits per heavy atom. The van der Waals surface area contributed by atoms with E-state index in [4.69, 9.17) is 0 Å². The highest BCUT2D eigenvalue weighted by molar-refractivity contribution is 6.04. The van der Waals surface area contributed by atoms with Gasteiger partial charge in [-0.2, -0.15) is 5.10 Å². The van der Waals surface area contributed by atoms with Crippen molar-refractivity contribution in [3.63, 3.8) is 0 Å². The van der Waals surface area contributed by atoms with Crippen LogP contribution in [0.5, 0.6) is 0 Å². The number of nitrogens with zero attached hydrogens (tertiary/aromatic N) is 3. The van der Waals surface area contributed by atoms with E-state index in [1.807, 2.05) is 37.3 Å². The highest BCUT2D eigenvalue weighted by atomic mass is 16.3. The second-order valence-electron chi connectivity index (χ2n) is 5.43. The molecular formula is C17H18N4O2. The molecule has 0 aliphatic carbocycles. The van der Waals surface area contributed by atoms with Gasteiger partial charge >= 0.3 is 0 Å². The molecule has 3 rings (SSSR count). The zero-order chi connectivity index (χ0) is 16.2. The average Bonchev–Trinajstić information content (AvgIpc) is 2.97. The first-order chi connectivity index (χ1) is 11.2. The topological polar surface area (TPSA) is 82.1 Å². The van der Waals surface area contributed by atoms with E-state index in [1.165, 1.54) is 0 Å². The number of aromatic amines is 1. The monoisotopic (exact) mass is 310 g/mol. The number of aryl methyl sites for hydroxylation is 1. The maximum absolute atomic E-state index is 12.8. The molecule has 6 nitrogen and oxygen atoms in total. The molecule has 1 aromatic carbocycles. The third-order valence-corrected chi connectivity index (χ3v) is 3.67. The van der Waals surface area contributed by atoms with Crippen LogP contribution in [-0.4, -0.2) is 44.2 Å². The minimum Gasteiger partial charge on any atom is -0.395 e. The lowest BCUT2D eigenvalue weighted by molar-refractivity contribution is 0.0703. The number of amides is 1. The fourth-order valence-electron chi connectivity index (χ4n) is 2.53. The molecule has 0 atom stereocenters. The molecule has 23 heavy (non-hydrogen) atoms. The Hall–Kier alpha value is -2.73. The summed E-state index contributed by atoms with van der Waals surface area (Å²) in [4.78, 5) is 18.5. The lowest BCUT2D eigenvalue weighted by atomic mass is 10.1. The van der Waals surface area contributed by atoms with E-state index < -0.39 is 0 Å². The molecule has 118 valence electrons. The van der Waals surface area contributed by atoms with Gasteiger partial charge in [-0.05, 0) is 30.7 Å². The Balaban J connectivity index is 1.92. The average molecular weight is 310 g/mol. The molecule has 2 N–H and O–H groups in total. The summed E-state index contributed by atoms with van der Waals surface area (Å²) in [7, 11) is 0. The Morgan fingerprint density at radius 3 is 2.96 bits per heavy atom. The van der Waals surface area contributed by atoms with Gasteiger partial charge in [0.15, 0.2) is 5.69 Å². The van der Waals surface area contributed by atoms with Crippen molar-refractivity contribution in [3.8, 4) is 0 Å². The fourth-order valence-corrected chi connectivity index (χ4v) is 2.53. The van der Waals surface area contributed by atoms with E-state index in [1.54, 1.807) is 17.3 Å². The maximum atomic E-state index is 12.8. The third-order valence-electron chi connectivity index (χ3n) is 3.67. The van der Waals surface area contributed by atoms with Crippen LogP contribution in [0.1, 0.15) is 21.6 Å². The number of benzene rings is 1. The predicted octanol–water partition coefficient (Wildman–Crippen LogP) is 1.90. The number of nitrogens with one attached hydrogen (secondary N) is 1. The van der Waals surface area contributed by atoms with E-state index in [9.17, 15) is 9.90 Å². The molecule has 0 aliphatic heterocycles. The van der Waals surface area contributed by atoms with Crippen molar-refractivity contribution in [3.05, 3.63) is 59.5 Å². The van der Waals surface area contributed by atoms with Crippen LogP contribution in [-0.2, 0) is 6.54 Å². The maximum Gasteiger partial charge on any atom is 0.275 e. The van der Waals surface area contributed by atoms with Gasteiger partial charge in [-0.15, -0.1) is 0 Å². The van der Waals surface area contributed by atoms with Crippen LogP contribution in [0.15, 0.2) is 42.7 Å². The zero-order valence-corrected chi connectivity index (χ0v) is 12.9. The van der Waals surface area contributed by atoms with Gasteiger partial charge in [-0.1, -0.05) is 17.7 Å². The van der Waals surface area contributed by atoms with Gasteiger partial charge in [0, 0.05) is 30.9 Å². The fraction of sp³-hybridized carbons (Fsp3) is 0.235. The molecule has 0 aliphatic rings. The number of hydrogen-bond donors (Lipinski definition) is 2. The van der Waals surface area contributed by atoms with Gasteiger partial charge in [0.05, 0.1) is 12.1 Å². The van der Waals surface area contributed by atoms with Gasteiger partial charge in [0.25, 0.3) is 5.91 Å². The molecule has 0 bridgehead atoms. The second-order valence-corrected chi connectivity index (χ2v) is 5.43. The van der Waals surface area contributed by atoms with Crippen molar-refractivity contribution < 1.29 is 9.90 Å². The molecule has 0 saturated carbocycles. The molecule has 0 fully saturated rings. The van der Waals surface area contributed by atoms with Gasteiger partial charge in [-0.3, -0.25) is 14.9 Å². The van der Waals surface area contributed by atoms with Gasteiger partial charge in [0.1, 0.15) is 0 Å². The zero-order valence-electron chi connectivity index (χ0n) is 12.9.